The lowest BCUT2D eigenvalue weighted by Crippen LogP contribution is -2.14. The zero-order chi connectivity index (χ0) is 14.7. The highest BCUT2D eigenvalue weighted by Crippen LogP contribution is 2.19. The molecule has 102 valence electrons. The van der Waals surface area contributed by atoms with Gasteiger partial charge in [0.25, 0.3) is 5.91 Å². The van der Waals surface area contributed by atoms with Crippen molar-refractivity contribution < 1.29 is 14.7 Å². The summed E-state index contributed by atoms with van der Waals surface area (Å²) in [4.78, 5) is 22.9. The van der Waals surface area contributed by atoms with Crippen molar-refractivity contribution in [2.45, 2.75) is 0 Å². The lowest BCUT2D eigenvalue weighted by atomic mass is 10.1. The number of aromatic carboxylic acids is 1. The quantitative estimate of drug-likeness (QED) is 0.752. The molecular weight excluding hydrogens is 324 g/mol. The van der Waals surface area contributed by atoms with E-state index in [1.807, 2.05) is 6.07 Å². The summed E-state index contributed by atoms with van der Waals surface area (Å²) < 4.78 is 0.837. The topological polar surface area (TPSA) is 92.4 Å². The van der Waals surface area contributed by atoms with Crippen molar-refractivity contribution in [3.8, 4) is 0 Å². The van der Waals surface area contributed by atoms with Crippen LogP contribution in [0.4, 0.5) is 11.4 Å². The van der Waals surface area contributed by atoms with Gasteiger partial charge in [-0.15, -0.1) is 0 Å². The highest BCUT2D eigenvalue weighted by atomic mass is 79.9. The maximum Gasteiger partial charge on any atom is 0.335 e. The number of halogens is 1. The fourth-order valence-corrected chi connectivity index (χ4v) is 2.07. The number of hydrogen-bond donors (Lipinski definition) is 3. The molecule has 20 heavy (non-hydrogen) atoms. The predicted octanol–water partition coefficient (Wildman–Crippen LogP) is 2.98. The van der Waals surface area contributed by atoms with Crippen LogP contribution in [-0.4, -0.2) is 17.0 Å². The summed E-state index contributed by atoms with van der Waals surface area (Å²) in [5.74, 6) is -1.48. The van der Waals surface area contributed by atoms with E-state index in [0.717, 1.165) is 4.47 Å². The molecule has 0 aliphatic carbocycles. The number of benzene rings is 2. The van der Waals surface area contributed by atoms with E-state index in [0.29, 0.717) is 5.69 Å². The van der Waals surface area contributed by atoms with Gasteiger partial charge in [-0.05, 0) is 36.4 Å². The molecule has 0 aliphatic rings. The molecule has 4 N–H and O–H groups in total. The van der Waals surface area contributed by atoms with Crippen LogP contribution in [0.2, 0.25) is 0 Å². The Hall–Kier alpha value is -2.34. The average Bonchev–Trinajstić information content (AvgIpc) is 2.38. The van der Waals surface area contributed by atoms with Crippen LogP contribution in [0, 0.1) is 0 Å². The first-order valence-corrected chi connectivity index (χ1v) is 6.46. The Balaban J connectivity index is 2.23. The zero-order valence-electron chi connectivity index (χ0n) is 10.3. The molecule has 0 bridgehead atoms. The van der Waals surface area contributed by atoms with Crippen molar-refractivity contribution in [2.75, 3.05) is 11.1 Å². The lowest BCUT2D eigenvalue weighted by Gasteiger charge is -2.08. The number of nitrogen functional groups attached to an aromatic ring is 1. The van der Waals surface area contributed by atoms with Crippen LogP contribution in [0.25, 0.3) is 0 Å². The van der Waals surface area contributed by atoms with Gasteiger partial charge >= 0.3 is 5.97 Å². The first kappa shape index (κ1) is 14.1. The Kier molecular flexibility index (Phi) is 4.05. The Labute approximate surface area is 123 Å². The molecule has 0 aliphatic heterocycles. The number of carboxylic acids is 1. The van der Waals surface area contributed by atoms with Gasteiger partial charge in [-0.25, -0.2) is 4.79 Å². The van der Waals surface area contributed by atoms with Gasteiger partial charge in [0.1, 0.15) is 0 Å². The Morgan fingerprint density at radius 3 is 2.50 bits per heavy atom. The molecule has 0 saturated carbocycles. The zero-order valence-corrected chi connectivity index (χ0v) is 11.8. The van der Waals surface area contributed by atoms with E-state index in [4.69, 9.17) is 10.8 Å². The van der Waals surface area contributed by atoms with Crippen molar-refractivity contribution in [1.29, 1.82) is 0 Å². The molecule has 0 heterocycles. The van der Waals surface area contributed by atoms with E-state index in [9.17, 15) is 9.59 Å². The molecule has 2 aromatic carbocycles. The molecule has 2 rings (SSSR count). The molecular formula is C14H11BrN2O3. The molecule has 0 saturated heterocycles. The second kappa shape index (κ2) is 5.75. The molecule has 6 heteroatoms. The van der Waals surface area contributed by atoms with Crippen molar-refractivity contribution >= 4 is 39.2 Å². The van der Waals surface area contributed by atoms with E-state index in [1.165, 1.54) is 18.2 Å². The first-order chi connectivity index (χ1) is 9.47. The molecule has 0 atom stereocenters. The van der Waals surface area contributed by atoms with Gasteiger partial charge in [-0.3, -0.25) is 4.79 Å². The number of hydrogen-bond acceptors (Lipinski definition) is 3. The maximum atomic E-state index is 12.1. The summed E-state index contributed by atoms with van der Waals surface area (Å²) in [5, 5.41) is 11.5. The molecule has 0 aromatic heterocycles. The Bertz CT molecular complexity index is 686. The van der Waals surface area contributed by atoms with Crippen LogP contribution >= 0.6 is 15.9 Å². The molecule has 0 unspecified atom stereocenters. The number of carboxylic acid groups (broad SMARTS) is 1. The fraction of sp³-hybridized carbons (Fsp3) is 0. The number of nitrogens with two attached hydrogens (primary N) is 1. The highest BCUT2D eigenvalue weighted by molar-refractivity contribution is 9.10. The lowest BCUT2D eigenvalue weighted by molar-refractivity contribution is 0.0696. The van der Waals surface area contributed by atoms with Crippen LogP contribution in [-0.2, 0) is 0 Å². The van der Waals surface area contributed by atoms with Gasteiger partial charge in [0, 0.05) is 15.8 Å². The molecule has 0 fully saturated rings. The summed E-state index contributed by atoms with van der Waals surface area (Å²) in [6, 6.07) is 11.1. The van der Waals surface area contributed by atoms with E-state index in [2.05, 4.69) is 21.2 Å². The molecule has 0 spiro atoms. The minimum atomic E-state index is -1.09. The van der Waals surface area contributed by atoms with Crippen LogP contribution < -0.4 is 11.1 Å². The smallest absolute Gasteiger partial charge is 0.335 e. The van der Waals surface area contributed by atoms with Crippen LogP contribution in [0.3, 0.4) is 0 Å². The molecule has 2 aromatic rings. The monoisotopic (exact) mass is 334 g/mol. The average molecular weight is 335 g/mol. The summed E-state index contributed by atoms with van der Waals surface area (Å²) in [5.41, 5.74) is 6.72. The summed E-state index contributed by atoms with van der Waals surface area (Å²) in [6.07, 6.45) is 0. The first-order valence-electron chi connectivity index (χ1n) is 5.67. The number of amides is 1. The number of carbonyl (C=O) groups excluding carboxylic acids is 1. The normalized spacial score (nSPS) is 10.1. The van der Waals surface area contributed by atoms with Crippen molar-refractivity contribution in [3.63, 3.8) is 0 Å². The summed E-state index contributed by atoms with van der Waals surface area (Å²) >= 11 is 3.31. The molecule has 1 amide bonds. The second-order valence-corrected chi connectivity index (χ2v) is 4.99. The van der Waals surface area contributed by atoms with Gasteiger partial charge in [0.05, 0.1) is 11.1 Å². The van der Waals surface area contributed by atoms with Gasteiger partial charge in [-0.1, -0.05) is 22.0 Å². The largest absolute Gasteiger partial charge is 0.478 e. The standard InChI is InChI=1S/C14H11BrN2O3/c15-9-2-1-3-10(7-9)17-13(18)11-5-4-8(14(19)20)6-12(11)16/h1-7H,16H2,(H,17,18)(H,19,20). The number of anilines is 2. The predicted molar refractivity (Wildman–Crippen MR) is 79.9 cm³/mol. The minimum absolute atomic E-state index is 0.0431. The summed E-state index contributed by atoms with van der Waals surface area (Å²) in [6.45, 7) is 0. The maximum absolute atomic E-state index is 12.1. The van der Waals surface area contributed by atoms with E-state index < -0.39 is 11.9 Å². The summed E-state index contributed by atoms with van der Waals surface area (Å²) in [7, 11) is 0. The van der Waals surface area contributed by atoms with Gasteiger partial charge in [0.2, 0.25) is 0 Å². The molecule has 0 radical (unpaired) electrons. The SMILES string of the molecule is Nc1cc(C(=O)O)ccc1C(=O)Nc1cccc(Br)c1. The van der Waals surface area contributed by atoms with Crippen molar-refractivity contribution in [3.05, 3.63) is 58.1 Å². The Morgan fingerprint density at radius 2 is 1.90 bits per heavy atom. The third kappa shape index (κ3) is 3.16. The number of rotatable bonds is 3. The third-order valence-corrected chi connectivity index (χ3v) is 3.12. The van der Waals surface area contributed by atoms with Crippen LogP contribution in [0.15, 0.2) is 46.9 Å². The van der Waals surface area contributed by atoms with Gasteiger partial charge < -0.3 is 16.2 Å². The third-order valence-electron chi connectivity index (χ3n) is 2.63. The Morgan fingerprint density at radius 1 is 1.15 bits per heavy atom. The minimum Gasteiger partial charge on any atom is -0.478 e. The number of carbonyl (C=O) groups is 2. The van der Waals surface area contributed by atoms with E-state index in [1.54, 1.807) is 18.2 Å². The molecule has 5 nitrogen and oxygen atoms in total. The highest BCUT2D eigenvalue weighted by Gasteiger charge is 2.12. The van der Waals surface area contributed by atoms with Crippen LogP contribution in [0.5, 0.6) is 0 Å². The van der Waals surface area contributed by atoms with Crippen molar-refractivity contribution in [2.24, 2.45) is 0 Å². The van der Waals surface area contributed by atoms with E-state index >= 15 is 0 Å². The fourth-order valence-electron chi connectivity index (χ4n) is 1.67. The van der Waals surface area contributed by atoms with Gasteiger partial charge in [-0.2, -0.15) is 0 Å². The van der Waals surface area contributed by atoms with Gasteiger partial charge in [0.15, 0.2) is 0 Å². The van der Waals surface area contributed by atoms with E-state index in [-0.39, 0.29) is 16.8 Å². The van der Waals surface area contributed by atoms with Crippen molar-refractivity contribution in [1.82, 2.24) is 0 Å². The van der Waals surface area contributed by atoms with Crippen LogP contribution in [0.1, 0.15) is 20.7 Å². The second-order valence-electron chi connectivity index (χ2n) is 4.07. The number of nitrogens with one attached hydrogen (secondary N) is 1.